The number of ketones is 1. The van der Waals surface area contributed by atoms with Crippen LogP contribution in [-0.4, -0.2) is 69.3 Å². The minimum Gasteiger partial charge on any atom is -0.325 e. The van der Waals surface area contributed by atoms with E-state index in [4.69, 9.17) is 0 Å². The highest BCUT2D eigenvalue weighted by atomic mass is 79.9. The predicted molar refractivity (Wildman–Crippen MR) is 151 cm³/mol. The van der Waals surface area contributed by atoms with Crippen LogP contribution in [0, 0.1) is 12.3 Å². The lowest BCUT2D eigenvalue weighted by atomic mass is 9.99. The highest BCUT2D eigenvalue weighted by Crippen LogP contribution is 2.60. The van der Waals surface area contributed by atoms with E-state index in [1.165, 1.54) is 11.6 Å². The Kier molecular flexibility index (Phi) is 6.03. The Bertz CT molecular complexity index is 1730. The van der Waals surface area contributed by atoms with Crippen molar-refractivity contribution in [1.29, 1.82) is 0 Å². The van der Waals surface area contributed by atoms with E-state index < -0.39 is 6.04 Å². The monoisotopic (exact) mass is 617 g/mol. The van der Waals surface area contributed by atoms with E-state index in [2.05, 4.69) is 46.6 Å². The van der Waals surface area contributed by atoms with Crippen LogP contribution >= 0.6 is 15.9 Å². The Labute approximate surface area is 243 Å². The topological polar surface area (TPSA) is 141 Å². The molecule has 4 aromatic rings. The molecule has 1 saturated heterocycles. The first-order valence-corrected chi connectivity index (χ1v) is 14.5. The van der Waals surface area contributed by atoms with Crippen molar-refractivity contribution in [3.8, 4) is 0 Å². The van der Waals surface area contributed by atoms with Crippen LogP contribution in [0.5, 0.6) is 0 Å². The standard InChI is InChI=1S/C28H28BrN9O3/c1-15-3-6-23(29)31-26(15)32-27(41)20-9-28(14-36-12-19(33-35-36)17-4-5-17)10-22(28)38(20)24(40)13-37-21-11-30-8-7-18(21)25(34-37)16(2)39/h3,6-8,11-12,17,20,22H,4-5,9-10,13-14H2,1-2H3,(H,31,32,41)/t20-,22+,28-/m0/s1. The maximum Gasteiger partial charge on any atom is 0.248 e. The zero-order valence-electron chi connectivity index (χ0n) is 22.6. The van der Waals surface area contributed by atoms with Crippen LogP contribution in [0.3, 0.4) is 0 Å². The van der Waals surface area contributed by atoms with Crippen LogP contribution in [0.1, 0.15) is 60.3 Å². The summed E-state index contributed by atoms with van der Waals surface area (Å²) in [7, 11) is 0. The first-order chi connectivity index (χ1) is 19.7. The summed E-state index contributed by atoms with van der Waals surface area (Å²) in [6.07, 6.45) is 8.75. The third kappa shape index (κ3) is 4.61. The number of hydrogen-bond donors (Lipinski definition) is 1. The molecule has 2 saturated carbocycles. The van der Waals surface area contributed by atoms with Crippen LogP contribution in [0.25, 0.3) is 10.9 Å². The number of fused-ring (bicyclic) bond motifs is 2. The summed E-state index contributed by atoms with van der Waals surface area (Å²) >= 11 is 3.37. The van der Waals surface area contributed by atoms with Gasteiger partial charge >= 0.3 is 0 Å². The van der Waals surface area contributed by atoms with Crippen molar-refractivity contribution in [2.24, 2.45) is 5.41 Å². The van der Waals surface area contributed by atoms with Crippen LogP contribution in [-0.2, 0) is 22.7 Å². The van der Waals surface area contributed by atoms with Gasteiger partial charge in [0.05, 0.1) is 24.0 Å². The molecule has 0 spiro atoms. The molecule has 1 aliphatic heterocycles. The van der Waals surface area contributed by atoms with Crippen molar-refractivity contribution in [3.05, 3.63) is 58.3 Å². The maximum absolute atomic E-state index is 14.0. The van der Waals surface area contributed by atoms with Gasteiger partial charge in [-0.1, -0.05) is 11.3 Å². The van der Waals surface area contributed by atoms with Crippen molar-refractivity contribution in [2.45, 2.75) is 70.6 Å². The van der Waals surface area contributed by atoms with Crippen molar-refractivity contribution >= 4 is 50.2 Å². The van der Waals surface area contributed by atoms with E-state index >= 15 is 0 Å². The Morgan fingerprint density at radius 2 is 2.00 bits per heavy atom. The normalized spacial score (nSPS) is 23.0. The van der Waals surface area contributed by atoms with E-state index in [0.29, 0.717) is 45.9 Å². The first kappa shape index (κ1) is 25.9. The summed E-state index contributed by atoms with van der Waals surface area (Å²) in [5.41, 5.74) is 2.44. The van der Waals surface area contributed by atoms with Gasteiger partial charge in [0, 0.05) is 42.1 Å². The molecule has 1 N–H and O–H groups in total. The van der Waals surface area contributed by atoms with Gasteiger partial charge in [0.25, 0.3) is 0 Å². The Morgan fingerprint density at radius 3 is 2.78 bits per heavy atom. The molecule has 4 aromatic heterocycles. The molecule has 41 heavy (non-hydrogen) atoms. The van der Waals surface area contributed by atoms with Crippen molar-refractivity contribution in [1.82, 2.24) is 39.6 Å². The number of rotatable bonds is 8. The molecule has 210 valence electrons. The van der Waals surface area contributed by atoms with Gasteiger partial charge in [0.1, 0.15) is 28.7 Å². The first-order valence-electron chi connectivity index (χ1n) is 13.7. The number of nitrogens with one attached hydrogen (secondary N) is 1. The van der Waals surface area contributed by atoms with Crippen LogP contribution in [0.4, 0.5) is 5.82 Å². The third-order valence-electron chi connectivity index (χ3n) is 8.51. The number of hydrogen-bond acceptors (Lipinski definition) is 8. The smallest absolute Gasteiger partial charge is 0.248 e. The lowest BCUT2D eigenvalue weighted by Gasteiger charge is -2.27. The summed E-state index contributed by atoms with van der Waals surface area (Å²) in [5, 5.41) is 16.8. The molecule has 7 rings (SSSR count). The number of pyridine rings is 2. The fourth-order valence-electron chi connectivity index (χ4n) is 6.16. The van der Waals surface area contributed by atoms with Gasteiger partial charge in [-0.2, -0.15) is 5.10 Å². The number of anilines is 1. The lowest BCUT2D eigenvalue weighted by Crippen LogP contribution is -2.47. The molecular formula is C28H28BrN9O3. The van der Waals surface area contributed by atoms with Crippen molar-refractivity contribution < 1.29 is 14.4 Å². The average Bonchev–Trinajstić information content (AvgIpc) is 3.78. The molecule has 3 atom stereocenters. The Hall–Kier alpha value is -4.00. The van der Waals surface area contributed by atoms with E-state index in [1.54, 1.807) is 23.4 Å². The molecule has 3 aliphatic rings. The highest BCUT2D eigenvalue weighted by Gasteiger charge is 2.67. The number of carbonyl (C=O) groups excluding carboxylic acids is 3. The van der Waals surface area contributed by atoms with Gasteiger partial charge in [0.15, 0.2) is 5.78 Å². The predicted octanol–water partition coefficient (Wildman–Crippen LogP) is 3.27. The highest BCUT2D eigenvalue weighted by molar-refractivity contribution is 9.10. The number of likely N-dealkylation sites (tertiary alicyclic amines) is 1. The van der Waals surface area contributed by atoms with E-state index in [-0.39, 0.29) is 35.6 Å². The average molecular weight is 618 g/mol. The summed E-state index contributed by atoms with van der Waals surface area (Å²) in [6.45, 7) is 3.79. The summed E-state index contributed by atoms with van der Waals surface area (Å²) in [6, 6.07) is 4.59. The van der Waals surface area contributed by atoms with Gasteiger partial charge < -0.3 is 10.2 Å². The molecule has 0 radical (unpaired) electrons. The molecule has 3 fully saturated rings. The quantitative estimate of drug-likeness (QED) is 0.235. The van der Waals surface area contributed by atoms with Crippen LogP contribution in [0.2, 0.25) is 0 Å². The number of aryl methyl sites for hydroxylation is 1. The zero-order chi connectivity index (χ0) is 28.5. The van der Waals surface area contributed by atoms with Gasteiger partial charge in [-0.25, -0.2) is 4.98 Å². The largest absolute Gasteiger partial charge is 0.325 e. The number of Topliss-reactive ketones (excluding diaryl/α,β-unsaturated/α-hetero) is 1. The molecule has 5 heterocycles. The van der Waals surface area contributed by atoms with Crippen LogP contribution < -0.4 is 5.32 Å². The van der Waals surface area contributed by atoms with Gasteiger partial charge in [-0.05, 0) is 66.2 Å². The fourth-order valence-corrected chi connectivity index (χ4v) is 6.47. The molecule has 0 aromatic carbocycles. The van der Waals surface area contributed by atoms with Crippen LogP contribution in [0.15, 0.2) is 41.4 Å². The van der Waals surface area contributed by atoms with Gasteiger partial charge in [-0.3, -0.25) is 28.7 Å². The van der Waals surface area contributed by atoms with E-state index in [9.17, 15) is 14.4 Å². The number of piperidine rings is 1. The minimum absolute atomic E-state index is 0.116. The summed E-state index contributed by atoms with van der Waals surface area (Å²) in [5.74, 6) is 0.228. The molecule has 0 bridgehead atoms. The van der Waals surface area contributed by atoms with Crippen molar-refractivity contribution in [3.63, 3.8) is 0 Å². The summed E-state index contributed by atoms with van der Waals surface area (Å²) in [4.78, 5) is 50.3. The molecule has 12 nitrogen and oxygen atoms in total. The lowest BCUT2D eigenvalue weighted by molar-refractivity contribution is -0.138. The number of nitrogens with zero attached hydrogens (tertiary/aromatic N) is 8. The van der Waals surface area contributed by atoms with Gasteiger partial charge in [-0.15, -0.1) is 5.10 Å². The fraction of sp³-hybridized carbons (Fsp3) is 0.429. The number of amides is 2. The van der Waals surface area contributed by atoms with E-state index in [0.717, 1.165) is 30.5 Å². The third-order valence-corrected chi connectivity index (χ3v) is 8.96. The molecule has 0 unspecified atom stereocenters. The van der Waals surface area contributed by atoms with Crippen molar-refractivity contribution in [2.75, 3.05) is 5.32 Å². The number of halogens is 1. The second-order valence-corrected chi connectivity index (χ2v) is 12.3. The number of carbonyl (C=O) groups is 3. The second kappa shape index (κ2) is 9.54. The van der Waals surface area contributed by atoms with E-state index in [1.807, 2.05) is 29.9 Å². The second-order valence-electron chi connectivity index (χ2n) is 11.5. The minimum atomic E-state index is -0.694. The van der Waals surface area contributed by atoms with Gasteiger partial charge in [0.2, 0.25) is 11.8 Å². The molecule has 13 heteroatoms. The Morgan fingerprint density at radius 1 is 1.17 bits per heavy atom. The summed E-state index contributed by atoms with van der Waals surface area (Å²) < 4.78 is 3.98. The Balaban J connectivity index is 1.18. The maximum atomic E-state index is 14.0. The molecule has 2 amide bonds. The SMILES string of the molecule is CC(=O)c1nn(CC(=O)N2[C@H](C(=O)Nc3nc(Br)ccc3C)C[C@@]3(Cn4cc(C5CC5)nn4)C[C@@H]23)c2cnccc12. The number of aromatic nitrogens is 7. The zero-order valence-corrected chi connectivity index (χ0v) is 24.2. The molecular weight excluding hydrogens is 590 g/mol. The molecule has 2 aliphatic carbocycles.